The summed E-state index contributed by atoms with van der Waals surface area (Å²) in [7, 11) is 0. The minimum atomic E-state index is 0.0225. The maximum Gasteiger partial charge on any atom is 0.268 e. The van der Waals surface area contributed by atoms with Crippen LogP contribution in [0.2, 0.25) is 0 Å². The fraction of sp³-hybridized carbons (Fsp3) is 0.381. The zero-order chi connectivity index (χ0) is 19.4. The van der Waals surface area contributed by atoms with Crippen molar-refractivity contribution in [3.05, 3.63) is 51.1 Å². The molecule has 0 saturated heterocycles. The van der Waals surface area contributed by atoms with E-state index in [1.54, 1.807) is 27.7 Å². The van der Waals surface area contributed by atoms with Crippen LogP contribution < -0.4 is 5.56 Å². The van der Waals surface area contributed by atoms with Gasteiger partial charge in [0.25, 0.3) is 5.56 Å². The van der Waals surface area contributed by atoms with Crippen LogP contribution in [0.4, 0.5) is 0 Å². The monoisotopic (exact) mass is 410 g/mol. The molecule has 1 aliphatic rings. The van der Waals surface area contributed by atoms with Crippen molar-refractivity contribution in [2.24, 2.45) is 5.92 Å². The van der Waals surface area contributed by atoms with Gasteiger partial charge >= 0.3 is 0 Å². The van der Waals surface area contributed by atoms with Crippen molar-refractivity contribution in [2.45, 2.75) is 50.4 Å². The zero-order valence-corrected chi connectivity index (χ0v) is 17.8. The Labute approximate surface area is 171 Å². The number of rotatable bonds is 3. The number of aromatic nitrogens is 4. The fourth-order valence-corrected chi connectivity index (χ4v) is 6.35. The van der Waals surface area contributed by atoms with Crippen LogP contribution in [0.1, 0.15) is 37.6 Å². The van der Waals surface area contributed by atoms with Gasteiger partial charge in [-0.3, -0.25) is 4.79 Å². The molecular formula is C21H22N4OS2. The van der Waals surface area contributed by atoms with Gasteiger partial charge in [0.2, 0.25) is 5.78 Å². The molecule has 1 aromatic carbocycles. The Hall–Kier alpha value is -2.12. The quantitative estimate of drug-likeness (QED) is 0.459. The molecule has 0 amide bonds. The molecule has 0 fully saturated rings. The number of para-hydroxylation sites is 1. The Morgan fingerprint density at radius 2 is 2.00 bits per heavy atom. The summed E-state index contributed by atoms with van der Waals surface area (Å²) in [6.07, 6.45) is 3.16. The Kier molecular flexibility index (Phi) is 4.32. The molecule has 1 unspecified atom stereocenters. The lowest BCUT2D eigenvalue weighted by molar-refractivity contribution is 0.509. The third-order valence-electron chi connectivity index (χ3n) is 5.28. The van der Waals surface area contributed by atoms with Crippen LogP contribution in [0.3, 0.4) is 0 Å². The van der Waals surface area contributed by atoms with E-state index in [-0.39, 0.29) is 5.56 Å². The number of aryl methyl sites for hydroxylation is 1. The highest BCUT2D eigenvalue weighted by molar-refractivity contribution is 7.99. The standard InChI is InChI=1S/C21H22N4OS2/c1-12(2)27-21-23-22-20-24(14-7-5-4-6-8-14)18(26)17-15-10-9-13(3)11-16(15)28-19(17)25(20)21/h4-8,12-13H,9-11H2,1-3H3. The first kappa shape index (κ1) is 17.9. The van der Waals surface area contributed by atoms with Crippen molar-refractivity contribution in [1.29, 1.82) is 0 Å². The number of thioether (sulfide) groups is 1. The number of thiophene rings is 1. The molecule has 5 nitrogen and oxygen atoms in total. The van der Waals surface area contributed by atoms with Gasteiger partial charge in [0, 0.05) is 10.1 Å². The minimum absolute atomic E-state index is 0.0225. The predicted molar refractivity (Wildman–Crippen MR) is 116 cm³/mol. The Bertz CT molecular complexity index is 1240. The van der Waals surface area contributed by atoms with E-state index < -0.39 is 0 Å². The number of hydrogen-bond donors (Lipinski definition) is 0. The Morgan fingerprint density at radius 3 is 2.75 bits per heavy atom. The number of fused-ring (bicyclic) bond motifs is 5. The molecule has 1 atom stereocenters. The highest BCUT2D eigenvalue weighted by Crippen LogP contribution is 2.38. The van der Waals surface area contributed by atoms with E-state index in [9.17, 15) is 4.79 Å². The summed E-state index contributed by atoms with van der Waals surface area (Å²) < 4.78 is 3.83. The molecule has 0 bridgehead atoms. The predicted octanol–water partition coefficient (Wildman–Crippen LogP) is 4.72. The number of hydrogen-bond acceptors (Lipinski definition) is 5. The highest BCUT2D eigenvalue weighted by Gasteiger charge is 2.27. The van der Waals surface area contributed by atoms with Crippen molar-refractivity contribution < 1.29 is 0 Å². The van der Waals surface area contributed by atoms with E-state index in [1.807, 2.05) is 30.3 Å². The van der Waals surface area contributed by atoms with Crippen molar-refractivity contribution in [3.63, 3.8) is 0 Å². The maximum absolute atomic E-state index is 13.7. The molecule has 3 aromatic heterocycles. The molecular weight excluding hydrogens is 388 g/mol. The lowest BCUT2D eigenvalue weighted by atomic mass is 9.89. The van der Waals surface area contributed by atoms with Gasteiger partial charge in [-0.15, -0.1) is 21.5 Å². The van der Waals surface area contributed by atoms with Crippen molar-refractivity contribution in [1.82, 2.24) is 19.2 Å². The average molecular weight is 411 g/mol. The molecule has 0 radical (unpaired) electrons. The van der Waals surface area contributed by atoms with Gasteiger partial charge < -0.3 is 0 Å². The summed E-state index contributed by atoms with van der Waals surface area (Å²) in [6.45, 7) is 6.60. The lowest BCUT2D eigenvalue weighted by Crippen LogP contribution is -2.22. The zero-order valence-electron chi connectivity index (χ0n) is 16.2. The fourth-order valence-electron chi connectivity index (χ4n) is 4.00. The van der Waals surface area contributed by atoms with Crippen LogP contribution >= 0.6 is 23.1 Å². The molecule has 5 rings (SSSR count). The Balaban J connectivity index is 1.93. The summed E-state index contributed by atoms with van der Waals surface area (Å²) in [5, 5.41) is 11.0. The first-order chi connectivity index (χ1) is 13.5. The van der Waals surface area contributed by atoms with Crippen LogP contribution in [0.15, 0.2) is 40.3 Å². The van der Waals surface area contributed by atoms with Gasteiger partial charge in [-0.05, 0) is 42.9 Å². The molecule has 0 saturated carbocycles. The summed E-state index contributed by atoms with van der Waals surface area (Å²) >= 11 is 3.44. The normalized spacial score (nSPS) is 16.9. The third kappa shape index (κ3) is 2.71. The maximum atomic E-state index is 13.7. The largest absolute Gasteiger partial charge is 0.268 e. The van der Waals surface area contributed by atoms with Gasteiger partial charge in [-0.1, -0.05) is 50.7 Å². The summed E-state index contributed by atoms with van der Waals surface area (Å²) in [5.74, 6) is 1.26. The topological polar surface area (TPSA) is 52.2 Å². The smallest absolute Gasteiger partial charge is 0.268 e. The number of nitrogens with zero attached hydrogens (tertiary/aromatic N) is 4. The first-order valence-corrected chi connectivity index (χ1v) is 11.4. The second-order valence-corrected chi connectivity index (χ2v) is 10.4. The van der Waals surface area contributed by atoms with E-state index in [0.717, 1.165) is 40.3 Å². The van der Waals surface area contributed by atoms with Gasteiger partial charge in [0.1, 0.15) is 4.83 Å². The van der Waals surface area contributed by atoms with E-state index in [2.05, 4.69) is 35.4 Å². The molecule has 7 heteroatoms. The highest BCUT2D eigenvalue weighted by atomic mass is 32.2. The Morgan fingerprint density at radius 1 is 1.21 bits per heavy atom. The van der Waals surface area contributed by atoms with Crippen molar-refractivity contribution in [3.8, 4) is 5.69 Å². The molecule has 0 aliphatic heterocycles. The van der Waals surface area contributed by atoms with Gasteiger partial charge in [0.15, 0.2) is 5.16 Å². The minimum Gasteiger partial charge on any atom is -0.268 e. The van der Waals surface area contributed by atoms with Crippen LogP contribution in [-0.2, 0) is 12.8 Å². The lowest BCUT2D eigenvalue weighted by Gasteiger charge is -2.17. The molecule has 0 N–H and O–H groups in total. The first-order valence-electron chi connectivity index (χ1n) is 9.71. The molecule has 0 spiro atoms. The number of benzene rings is 1. The van der Waals surface area contributed by atoms with E-state index in [0.29, 0.717) is 16.9 Å². The van der Waals surface area contributed by atoms with E-state index in [1.165, 1.54) is 10.4 Å². The molecule has 144 valence electrons. The molecule has 28 heavy (non-hydrogen) atoms. The van der Waals surface area contributed by atoms with Gasteiger partial charge in [-0.25, -0.2) is 8.97 Å². The van der Waals surface area contributed by atoms with Crippen LogP contribution in [0, 0.1) is 5.92 Å². The van der Waals surface area contributed by atoms with Crippen LogP contribution in [0.25, 0.3) is 21.7 Å². The molecule has 4 aromatic rings. The average Bonchev–Trinajstić information content (AvgIpc) is 3.23. The molecule has 1 aliphatic carbocycles. The third-order valence-corrected chi connectivity index (χ3v) is 7.47. The van der Waals surface area contributed by atoms with Crippen LogP contribution in [-0.4, -0.2) is 24.4 Å². The van der Waals surface area contributed by atoms with Gasteiger partial charge in [0.05, 0.1) is 11.1 Å². The second-order valence-electron chi connectivity index (χ2n) is 7.79. The summed E-state index contributed by atoms with van der Waals surface area (Å²) in [6, 6.07) is 9.78. The van der Waals surface area contributed by atoms with E-state index in [4.69, 9.17) is 0 Å². The molecule has 3 heterocycles. The summed E-state index contributed by atoms with van der Waals surface area (Å²) in [5.41, 5.74) is 2.09. The SMILES string of the molecule is CC1CCc2c(sc3c2c(=O)n(-c2ccccc2)c2nnc(SC(C)C)n32)C1. The summed E-state index contributed by atoms with van der Waals surface area (Å²) in [4.78, 5) is 16.0. The van der Waals surface area contributed by atoms with Crippen molar-refractivity contribution >= 4 is 39.1 Å². The van der Waals surface area contributed by atoms with Crippen molar-refractivity contribution in [2.75, 3.05) is 0 Å². The van der Waals surface area contributed by atoms with E-state index >= 15 is 0 Å². The van der Waals surface area contributed by atoms with Crippen LogP contribution in [0.5, 0.6) is 0 Å². The second kappa shape index (κ2) is 6.74. The van der Waals surface area contributed by atoms with Gasteiger partial charge in [-0.2, -0.15) is 0 Å².